The van der Waals surface area contributed by atoms with Crippen LogP contribution in [0.2, 0.25) is 0 Å². The van der Waals surface area contributed by atoms with Crippen LogP contribution in [-0.2, 0) is 9.59 Å². The molecule has 1 aliphatic rings. The number of hydrogen-bond acceptors (Lipinski definition) is 3. The van der Waals surface area contributed by atoms with E-state index in [1.807, 2.05) is 36.9 Å². The van der Waals surface area contributed by atoms with E-state index in [4.69, 9.17) is 5.11 Å². The van der Waals surface area contributed by atoms with Crippen LogP contribution in [0, 0.1) is 12.8 Å². The predicted octanol–water partition coefficient (Wildman–Crippen LogP) is 2.88. The molecule has 2 atom stereocenters. The number of carbonyl (C=O) groups excluding carboxylic acids is 1. The van der Waals surface area contributed by atoms with Crippen molar-refractivity contribution in [2.24, 2.45) is 5.92 Å². The molecule has 22 heavy (non-hydrogen) atoms. The Kier molecular flexibility index (Phi) is 5.58. The van der Waals surface area contributed by atoms with Gasteiger partial charge in [0.2, 0.25) is 5.91 Å². The van der Waals surface area contributed by atoms with Crippen molar-refractivity contribution in [3.05, 3.63) is 28.2 Å². The number of aryl methyl sites for hydroxylation is 1. The van der Waals surface area contributed by atoms with E-state index in [-0.39, 0.29) is 17.9 Å². The Morgan fingerprint density at radius 1 is 1.45 bits per heavy atom. The number of nitrogens with one attached hydrogen (secondary N) is 1. The fraction of sp³-hybridized carbons (Fsp3) is 0.500. The van der Waals surface area contributed by atoms with Crippen LogP contribution in [0.4, 0.5) is 5.69 Å². The van der Waals surface area contributed by atoms with Crippen molar-refractivity contribution in [2.75, 3.05) is 18.4 Å². The second-order valence-electron chi connectivity index (χ2n) is 5.82. The van der Waals surface area contributed by atoms with Crippen molar-refractivity contribution in [3.8, 4) is 0 Å². The maximum absolute atomic E-state index is 12.4. The SMILES string of the molecule is Cc1ccc(NC(=O)C(C)N2CCCC(C(=O)O)C2)c(Br)c1. The highest BCUT2D eigenvalue weighted by Gasteiger charge is 2.30. The van der Waals surface area contributed by atoms with Gasteiger partial charge in [-0.05, 0) is 66.9 Å². The van der Waals surface area contributed by atoms with Crippen molar-refractivity contribution >= 4 is 33.5 Å². The third kappa shape index (κ3) is 4.08. The van der Waals surface area contributed by atoms with Gasteiger partial charge in [-0.25, -0.2) is 0 Å². The summed E-state index contributed by atoms with van der Waals surface area (Å²) in [5.41, 5.74) is 1.84. The molecule has 1 amide bonds. The Morgan fingerprint density at radius 2 is 2.18 bits per heavy atom. The summed E-state index contributed by atoms with van der Waals surface area (Å²) in [4.78, 5) is 25.5. The number of carboxylic acids is 1. The van der Waals surface area contributed by atoms with E-state index in [1.54, 1.807) is 0 Å². The Hall–Kier alpha value is -1.40. The second kappa shape index (κ2) is 7.24. The standard InChI is InChI=1S/C16H21BrN2O3/c1-10-5-6-14(13(17)8-10)18-15(20)11(2)19-7-3-4-12(9-19)16(21)22/h5-6,8,11-12H,3-4,7,9H2,1-2H3,(H,18,20)(H,21,22). The molecule has 1 aromatic rings. The van der Waals surface area contributed by atoms with Crippen LogP contribution in [0.25, 0.3) is 0 Å². The number of amides is 1. The van der Waals surface area contributed by atoms with Crippen molar-refractivity contribution in [1.82, 2.24) is 4.90 Å². The topological polar surface area (TPSA) is 69.6 Å². The molecule has 1 aliphatic heterocycles. The van der Waals surface area contributed by atoms with E-state index in [2.05, 4.69) is 21.2 Å². The summed E-state index contributed by atoms with van der Waals surface area (Å²) < 4.78 is 0.843. The molecule has 0 spiro atoms. The van der Waals surface area contributed by atoms with Crippen LogP contribution in [0.15, 0.2) is 22.7 Å². The normalized spacial score (nSPS) is 20.4. The lowest BCUT2D eigenvalue weighted by molar-refractivity contribution is -0.144. The number of piperidine rings is 1. The molecule has 1 heterocycles. The highest BCUT2D eigenvalue weighted by Crippen LogP contribution is 2.24. The average Bonchev–Trinajstić information content (AvgIpc) is 2.49. The maximum Gasteiger partial charge on any atom is 0.307 e. The Bertz CT molecular complexity index is 577. The summed E-state index contributed by atoms with van der Waals surface area (Å²) in [6.07, 6.45) is 1.49. The molecule has 120 valence electrons. The molecule has 0 radical (unpaired) electrons. The molecule has 5 nitrogen and oxygen atoms in total. The van der Waals surface area contributed by atoms with E-state index in [0.29, 0.717) is 13.0 Å². The van der Waals surface area contributed by atoms with Gasteiger partial charge in [0.15, 0.2) is 0 Å². The fourth-order valence-electron chi connectivity index (χ4n) is 2.68. The molecule has 1 saturated heterocycles. The quantitative estimate of drug-likeness (QED) is 0.856. The van der Waals surface area contributed by atoms with Gasteiger partial charge in [0.05, 0.1) is 17.6 Å². The minimum absolute atomic E-state index is 0.115. The first kappa shape index (κ1) is 17.0. The average molecular weight is 369 g/mol. The van der Waals surface area contributed by atoms with Crippen molar-refractivity contribution < 1.29 is 14.7 Å². The smallest absolute Gasteiger partial charge is 0.307 e. The molecule has 2 rings (SSSR count). The number of rotatable bonds is 4. The van der Waals surface area contributed by atoms with Crippen molar-refractivity contribution in [2.45, 2.75) is 32.7 Å². The number of halogens is 1. The van der Waals surface area contributed by atoms with Gasteiger partial charge >= 0.3 is 5.97 Å². The lowest BCUT2D eigenvalue weighted by atomic mass is 9.97. The van der Waals surface area contributed by atoms with Gasteiger partial charge in [-0.3, -0.25) is 14.5 Å². The molecule has 0 bridgehead atoms. The summed E-state index contributed by atoms with van der Waals surface area (Å²) in [5.74, 6) is -1.27. The number of hydrogen-bond donors (Lipinski definition) is 2. The van der Waals surface area contributed by atoms with Gasteiger partial charge in [-0.15, -0.1) is 0 Å². The summed E-state index contributed by atoms with van der Waals surface area (Å²) >= 11 is 3.44. The molecule has 2 N–H and O–H groups in total. The van der Waals surface area contributed by atoms with Crippen LogP contribution < -0.4 is 5.32 Å². The number of benzene rings is 1. The van der Waals surface area contributed by atoms with E-state index >= 15 is 0 Å². The Labute approximate surface area is 138 Å². The first-order valence-electron chi connectivity index (χ1n) is 7.42. The van der Waals surface area contributed by atoms with Crippen LogP contribution in [0.3, 0.4) is 0 Å². The third-order valence-corrected chi connectivity index (χ3v) is 4.77. The van der Waals surface area contributed by atoms with Gasteiger partial charge < -0.3 is 10.4 Å². The number of aliphatic carboxylic acids is 1. The van der Waals surface area contributed by atoms with Crippen LogP contribution in [0.1, 0.15) is 25.3 Å². The van der Waals surface area contributed by atoms with Crippen LogP contribution in [-0.4, -0.2) is 41.0 Å². The van der Waals surface area contributed by atoms with Gasteiger partial charge in [0, 0.05) is 11.0 Å². The number of nitrogens with zero attached hydrogens (tertiary/aromatic N) is 1. The molecule has 1 aromatic carbocycles. The van der Waals surface area contributed by atoms with Gasteiger partial charge in [-0.1, -0.05) is 6.07 Å². The van der Waals surface area contributed by atoms with Gasteiger partial charge in [-0.2, -0.15) is 0 Å². The molecular weight excluding hydrogens is 348 g/mol. The Balaban J connectivity index is 2.01. The molecule has 6 heteroatoms. The zero-order valence-corrected chi connectivity index (χ0v) is 14.4. The summed E-state index contributed by atoms with van der Waals surface area (Å²) in [7, 11) is 0. The number of carboxylic acid groups (broad SMARTS) is 1. The number of anilines is 1. The minimum Gasteiger partial charge on any atom is -0.481 e. The summed E-state index contributed by atoms with van der Waals surface area (Å²) in [6, 6.07) is 5.39. The molecule has 2 unspecified atom stereocenters. The molecular formula is C16H21BrN2O3. The number of likely N-dealkylation sites (tertiary alicyclic amines) is 1. The fourth-order valence-corrected chi connectivity index (χ4v) is 3.28. The largest absolute Gasteiger partial charge is 0.481 e. The van der Waals surface area contributed by atoms with E-state index < -0.39 is 5.97 Å². The van der Waals surface area contributed by atoms with E-state index in [9.17, 15) is 9.59 Å². The summed E-state index contributed by atoms with van der Waals surface area (Å²) in [6.45, 7) is 4.99. The highest BCUT2D eigenvalue weighted by molar-refractivity contribution is 9.10. The highest BCUT2D eigenvalue weighted by atomic mass is 79.9. The van der Waals surface area contributed by atoms with Gasteiger partial charge in [0.25, 0.3) is 0 Å². The van der Waals surface area contributed by atoms with E-state index in [0.717, 1.165) is 28.7 Å². The van der Waals surface area contributed by atoms with Crippen molar-refractivity contribution in [1.29, 1.82) is 0 Å². The number of carbonyl (C=O) groups is 2. The van der Waals surface area contributed by atoms with E-state index in [1.165, 1.54) is 0 Å². The van der Waals surface area contributed by atoms with Crippen molar-refractivity contribution in [3.63, 3.8) is 0 Å². The lowest BCUT2D eigenvalue weighted by Gasteiger charge is -2.34. The van der Waals surface area contributed by atoms with Crippen LogP contribution in [0.5, 0.6) is 0 Å². The Morgan fingerprint density at radius 3 is 2.82 bits per heavy atom. The molecule has 0 aromatic heterocycles. The summed E-state index contributed by atoms with van der Waals surface area (Å²) in [5, 5.41) is 12.0. The third-order valence-electron chi connectivity index (χ3n) is 4.11. The second-order valence-corrected chi connectivity index (χ2v) is 6.68. The monoisotopic (exact) mass is 368 g/mol. The molecule has 0 saturated carbocycles. The maximum atomic E-state index is 12.4. The first-order valence-corrected chi connectivity index (χ1v) is 8.21. The predicted molar refractivity (Wildman–Crippen MR) is 88.9 cm³/mol. The zero-order chi connectivity index (χ0) is 16.3. The molecule has 0 aliphatic carbocycles. The minimum atomic E-state index is -0.779. The first-order chi connectivity index (χ1) is 10.4. The molecule has 1 fully saturated rings. The van der Waals surface area contributed by atoms with Crippen LogP contribution >= 0.6 is 15.9 Å². The lowest BCUT2D eigenvalue weighted by Crippen LogP contribution is -2.48. The van der Waals surface area contributed by atoms with Gasteiger partial charge in [0.1, 0.15) is 0 Å². The zero-order valence-electron chi connectivity index (χ0n) is 12.8.